The largest absolute Gasteiger partial charge is 0.756 e. The van der Waals surface area contributed by atoms with Crippen LogP contribution in [0, 0.1) is 0 Å². The second-order valence-electron chi connectivity index (χ2n) is 25.0. The van der Waals surface area contributed by atoms with Gasteiger partial charge in [-0.2, -0.15) is 0 Å². The third-order valence-corrected chi connectivity index (χ3v) is 16.8. The number of hydrogen-bond acceptors (Lipinski definition) is 7. The SMILES string of the molecule is CCCCCCCC/C=C/CCCCCCCCCCCCCCCCCC(=O)OC(/C=C\CCCCCCCCCCCC)C(COP(=O)([O-])OCC[N+](C)(C)C)NC(=O)CCCCCCCCC/C=C/CCCCCCCC. The van der Waals surface area contributed by atoms with Crippen LogP contribution < -0.4 is 10.2 Å². The molecule has 3 unspecified atom stereocenters. The van der Waals surface area contributed by atoms with Gasteiger partial charge in [0.15, 0.2) is 0 Å². The Hall–Kier alpha value is -1.77. The van der Waals surface area contributed by atoms with Gasteiger partial charge in [0.05, 0.1) is 33.8 Å². The van der Waals surface area contributed by atoms with Gasteiger partial charge in [-0.3, -0.25) is 14.2 Å². The molecule has 0 aromatic heterocycles. The lowest BCUT2D eigenvalue weighted by molar-refractivity contribution is -0.870. The third-order valence-electron chi connectivity index (χ3n) is 15.8. The van der Waals surface area contributed by atoms with Crippen molar-refractivity contribution in [2.24, 2.45) is 0 Å². The molecule has 9 nitrogen and oxygen atoms in total. The number of ether oxygens (including phenoxy) is 1. The predicted octanol–water partition coefficient (Wildman–Crippen LogP) is 21.2. The number of carbonyl (C=O) groups is 2. The van der Waals surface area contributed by atoms with Crippen LogP contribution in [0.1, 0.15) is 348 Å². The smallest absolute Gasteiger partial charge is 0.306 e. The standard InChI is InChI=1S/C70H135N2O7P/c1-7-10-13-16-19-22-25-28-30-32-33-34-35-36-37-38-39-41-43-45-48-51-54-57-60-63-70(74)79-68(61-58-55-52-49-46-27-24-21-18-15-12-9-3)67(66-78-80(75,76)77-65-64-72(4,5)6)71-69(73)62-59-56-53-50-47-44-42-40-31-29-26-23-20-17-14-11-8-2/h28-31,58,61,67-68H,7-27,32-57,59-60,62-66H2,1-6H3,(H-,71,73,75,76)/b30-28+,31-29+,61-58-. The Morgan fingerprint density at radius 1 is 0.425 bits per heavy atom. The van der Waals surface area contributed by atoms with Gasteiger partial charge in [0, 0.05) is 12.8 Å². The molecule has 3 atom stereocenters. The molecule has 472 valence electrons. The zero-order valence-electron chi connectivity index (χ0n) is 54.1. The van der Waals surface area contributed by atoms with Crippen LogP contribution in [0.5, 0.6) is 0 Å². The van der Waals surface area contributed by atoms with Gasteiger partial charge >= 0.3 is 5.97 Å². The van der Waals surface area contributed by atoms with Crippen molar-refractivity contribution in [2.45, 2.75) is 360 Å². The Morgan fingerprint density at radius 2 is 0.725 bits per heavy atom. The lowest BCUT2D eigenvalue weighted by Gasteiger charge is -2.30. The van der Waals surface area contributed by atoms with Gasteiger partial charge in [0.25, 0.3) is 7.82 Å². The highest BCUT2D eigenvalue weighted by Crippen LogP contribution is 2.38. The van der Waals surface area contributed by atoms with Gasteiger partial charge in [0.1, 0.15) is 19.3 Å². The summed E-state index contributed by atoms with van der Waals surface area (Å²) in [5.41, 5.74) is 0. The average Bonchev–Trinajstić information content (AvgIpc) is 3.42. The summed E-state index contributed by atoms with van der Waals surface area (Å²) in [6.07, 6.45) is 74.1. The number of unbranched alkanes of at least 4 members (excludes halogenated alkanes) is 44. The van der Waals surface area contributed by atoms with Crippen LogP contribution in [0.4, 0.5) is 0 Å². The first-order valence-electron chi connectivity index (χ1n) is 34.8. The van der Waals surface area contributed by atoms with Crippen molar-refractivity contribution in [3.05, 3.63) is 36.5 Å². The van der Waals surface area contributed by atoms with Gasteiger partial charge in [-0.1, -0.05) is 289 Å². The summed E-state index contributed by atoms with van der Waals surface area (Å²) in [5, 5.41) is 3.04. The number of phosphoric acid groups is 1. The molecule has 0 aliphatic rings. The number of rotatable bonds is 64. The topological polar surface area (TPSA) is 114 Å². The van der Waals surface area contributed by atoms with E-state index in [0.29, 0.717) is 17.4 Å². The van der Waals surface area contributed by atoms with Gasteiger partial charge in [-0.15, -0.1) is 0 Å². The monoisotopic (exact) mass is 1150 g/mol. The highest BCUT2D eigenvalue weighted by molar-refractivity contribution is 7.45. The normalized spacial score (nSPS) is 13.7. The minimum Gasteiger partial charge on any atom is -0.756 e. The highest BCUT2D eigenvalue weighted by atomic mass is 31.2. The van der Waals surface area contributed by atoms with Crippen LogP contribution in [0.3, 0.4) is 0 Å². The summed E-state index contributed by atoms with van der Waals surface area (Å²) < 4.78 is 30.4. The Kier molecular flexibility index (Phi) is 59.0. The summed E-state index contributed by atoms with van der Waals surface area (Å²) in [6.45, 7) is 6.88. The van der Waals surface area contributed by atoms with Crippen LogP contribution in [0.15, 0.2) is 36.5 Å². The van der Waals surface area contributed by atoms with E-state index in [2.05, 4.69) is 50.4 Å². The molecule has 1 N–H and O–H groups in total. The highest BCUT2D eigenvalue weighted by Gasteiger charge is 2.27. The third kappa shape index (κ3) is 60.8. The van der Waals surface area contributed by atoms with E-state index in [9.17, 15) is 19.0 Å². The molecule has 0 spiro atoms. The summed E-state index contributed by atoms with van der Waals surface area (Å²) >= 11 is 0. The summed E-state index contributed by atoms with van der Waals surface area (Å²) in [7, 11) is 1.20. The number of likely N-dealkylation sites (N-methyl/N-ethyl adjacent to an activating group) is 1. The summed E-state index contributed by atoms with van der Waals surface area (Å²) in [4.78, 5) is 40.1. The molecule has 0 saturated heterocycles. The molecule has 0 radical (unpaired) electrons. The van der Waals surface area contributed by atoms with E-state index in [1.807, 2.05) is 33.3 Å². The Balaban J connectivity index is 5.04. The second-order valence-corrected chi connectivity index (χ2v) is 26.4. The molecule has 0 aromatic rings. The van der Waals surface area contributed by atoms with E-state index in [1.165, 1.54) is 244 Å². The van der Waals surface area contributed by atoms with E-state index in [4.69, 9.17) is 13.8 Å². The molecule has 1 amide bonds. The van der Waals surface area contributed by atoms with Gasteiger partial charge in [0.2, 0.25) is 5.91 Å². The zero-order chi connectivity index (χ0) is 58.6. The average molecular weight is 1150 g/mol. The number of phosphoric ester groups is 1. The predicted molar refractivity (Wildman–Crippen MR) is 344 cm³/mol. The first kappa shape index (κ1) is 78.2. The molecule has 0 aliphatic heterocycles. The number of amides is 1. The van der Waals surface area contributed by atoms with E-state index >= 15 is 0 Å². The maximum atomic E-state index is 13.6. The Morgan fingerprint density at radius 3 is 1.06 bits per heavy atom. The molecular formula is C70H135N2O7P. The van der Waals surface area contributed by atoms with Crippen molar-refractivity contribution in [3.63, 3.8) is 0 Å². The Labute approximate surface area is 497 Å². The minimum atomic E-state index is -4.70. The summed E-state index contributed by atoms with van der Waals surface area (Å²) in [5.74, 6) is -0.529. The van der Waals surface area contributed by atoms with Crippen molar-refractivity contribution >= 4 is 19.7 Å². The lowest BCUT2D eigenvalue weighted by Crippen LogP contribution is -2.47. The van der Waals surface area contributed by atoms with Crippen LogP contribution in [-0.4, -0.2) is 69.4 Å². The van der Waals surface area contributed by atoms with Crippen molar-refractivity contribution in [1.82, 2.24) is 5.32 Å². The maximum absolute atomic E-state index is 13.6. The lowest BCUT2D eigenvalue weighted by atomic mass is 10.0. The van der Waals surface area contributed by atoms with Crippen LogP contribution in [-0.2, 0) is 27.9 Å². The molecule has 0 heterocycles. The first-order valence-corrected chi connectivity index (χ1v) is 36.3. The Bertz CT molecular complexity index is 1460. The molecule has 80 heavy (non-hydrogen) atoms. The van der Waals surface area contributed by atoms with Crippen LogP contribution >= 0.6 is 7.82 Å². The molecule has 10 heteroatoms. The molecule has 0 rings (SSSR count). The molecule has 0 fully saturated rings. The minimum absolute atomic E-state index is 0.0207. The summed E-state index contributed by atoms with van der Waals surface area (Å²) in [6, 6.07) is -0.888. The molecule has 0 aliphatic carbocycles. The fourth-order valence-electron chi connectivity index (χ4n) is 10.4. The van der Waals surface area contributed by atoms with Gasteiger partial charge in [-0.25, -0.2) is 0 Å². The first-order chi connectivity index (χ1) is 38.9. The van der Waals surface area contributed by atoms with Crippen molar-refractivity contribution in [2.75, 3.05) is 40.9 Å². The van der Waals surface area contributed by atoms with Crippen molar-refractivity contribution in [1.29, 1.82) is 0 Å². The fraction of sp³-hybridized carbons (Fsp3) is 0.886. The zero-order valence-corrected chi connectivity index (χ0v) is 54.9. The molecule has 0 aromatic carbocycles. The van der Waals surface area contributed by atoms with E-state index in [0.717, 1.165) is 70.6 Å². The van der Waals surface area contributed by atoms with Crippen LogP contribution in [0.2, 0.25) is 0 Å². The van der Waals surface area contributed by atoms with E-state index in [-0.39, 0.29) is 31.5 Å². The molecular weight excluding hydrogens is 1010 g/mol. The maximum Gasteiger partial charge on any atom is 0.306 e. The molecule has 0 bridgehead atoms. The second kappa shape index (κ2) is 60.4. The number of nitrogens with one attached hydrogen (secondary N) is 1. The van der Waals surface area contributed by atoms with Gasteiger partial charge in [-0.05, 0) is 83.1 Å². The van der Waals surface area contributed by atoms with E-state index < -0.39 is 20.0 Å². The van der Waals surface area contributed by atoms with Crippen molar-refractivity contribution in [3.8, 4) is 0 Å². The number of esters is 1. The number of allylic oxidation sites excluding steroid dienone is 5. The van der Waals surface area contributed by atoms with Crippen LogP contribution in [0.25, 0.3) is 0 Å². The molecule has 0 saturated carbocycles. The van der Waals surface area contributed by atoms with Gasteiger partial charge < -0.3 is 28.5 Å². The number of quaternary nitrogens is 1. The number of carbonyl (C=O) groups excluding carboxylic acids is 2. The number of nitrogens with zero attached hydrogens (tertiary/aromatic N) is 1. The quantitative estimate of drug-likeness (QED) is 0.0212. The fourth-order valence-corrected chi connectivity index (χ4v) is 11.1. The van der Waals surface area contributed by atoms with Crippen molar-refractivity contribution < 1.29 is 37.3 Å². The number of hydrogen-bond donors (Lipinski definition) is 1. The van der Waals surface area contributed by atoms with E-state index in [1.54, 1.807) is 0 Å².